The second-order valence-corrected chi connectivity index (χ2v) is 7.96. The molecule has 2 aromatic rings. The Morgan fingerprint density at radius 3 is 2.51 bits per heavy atom. The van der Waals surface area contributed by atoms with E-state index in [1.165, 1.54) is 5.01 Å². The standard InChI is InChI=1S/C22H23F3N6O4/c1-13(15-9-26-20(27-10-15)22(23,24)25)28-21(33)31-11-17(30-7-8-35-12-18(30)32)19(29-31)14-3-5-16(34-2)6-4-14/h3-6,9-10,13,17H,7-8,11-12H2,1-2H3,(H,28,33)/t13?,17-/m1/s1. The summed E-state index contributed by atoms with van der Waals surface area (Å²) in [4.78, 5) is 33.8. The van der Waals surface area contributed by atoms with E-state index in [9.17, 15) is 22.8 Å². The Morgan fingerprint density at radius 1 is 1.23 bits per heavy atom. The van der Waals surface area contributed by atoms with Gasteiger partial charge in [0.1, 0.15) is 12.4 Å². The molecule has 3 amide bonds. The third kappa shape index (κ3) is 5.34. The normalized spacial score (nSPS) is 19.4. The Balaban J connectivity index is 1.53. The number of hydrogen-bond acceptors (Lipinski definition) is 7. The van der Waals surface area contributed by atoms with Crippen LogP contribution in [0.1, 0.15) is 29.9 Å². The first-order valence-electron chi connectivity index (χ1n) is 10.7. The molecule has 2 atom stereocenters. The lowest BCUT2D eigenvalue weighted by atomic mass is 10.0. The van der Waals surface area contributed by atoms with E-state index in [0.29, 0.717) is 30.2 Å². The monoisotopic (exact) mass is 492 g/mol. The van der Waals surface area contributed by atoms with Crippen LogP contribution in [0, 0.1) is 0 Å². The zero-order chi connectivity index (χ0) is 25.2. The fraction of sp³-hybridized carbons (Fsp3) is 0.409. The Morgan fingerprint density at radius 2 is 1.91 bits per heavy atom. The minimum atomic E-state index is -4.65. The van der Waals surface area contributed by atoms with Crippen molar-refractivity contribution in [3.05, 3.63) is 53.6 Å². The lowest BCUT2D eigenvalue weighted by molar-refractivity contribution is -0.145. The van der Waals surface area contributed by atoms with Crippen LogP contribution in [0.15, 0.2) is 41.8 Å². The molecule has 4 rings (SSSR count). The van der Waals surface area contributed by atoms with Crippen LogP contribution in [0.2, 0.25) is 0 Å². The van der Waals surface area contributed by atoms with Gasteiger partial charge in [0.25, 0.3) is 0 Å². The molecule has 35 heavy (non-hydrogen) atoms. The number of rotatable bonds is 5. The number of hydrazone groups is 1. The first kappa shape index (κ1) is 24.4. The Bertz CT molecular complexity index is 1110. The summed E-state index contributed by atoms with van der Waals surface area (Å²) >= 11 is 0. The number of methoxy groups -OCH3 is 1. The van der Waals surface area contributed by atoms with Crippen molar-refractivity contribution in [3.63, 3.8) is 0 Å². The van der Waals surface area contributed by atoms with Gasteiger partial charge in [0.2, 0.25) is 11.7 Å². The molecule has 2 aliphatic rings. The van der Waals surface area contributed by atoms with Crippen molar-refractivity contribution in [2.24, 2.45) is 5.10 Å². The van der Waals surface area contributed by atoms with E-state index in [-0.39, 0.29) is 19.1 Å². The van der Waals surface area contributed by atoms with Crippen molar-refractivity contribution in [3.8, 4) is 5.75 Å². The third-order valence-electron chi connectivity index (χ3n) is 5.67. The number of aromatic nitrogens is 2. The molecule has 1 saturated heterocycles. The molecule has 0 radical (unpaired) electrons. The van der Waals surface area contributed by atoms with Crippen LogP contribution in [-0.2, 0) is 15.7 Å². The maximum absolute atomic E-state index is 13.0. The summed E-state index contributed by atoms with van der Waals surface area (Å²) < 4.78 is 48.6. The quantitative estimate of drug-likeness (QED) is 0.686. The van der Waals surface area contributed by atoms with Gasteiger partial charge in [0.15, 0.2) is 0 Å². The van der Waals surface area contributed by atoms with Gasteiger partial charge in [-0.3, -0.25) is 4.79 Å². The molecule has 0 bridgehead atoms. The summed E-state index contributed by atoms with van der Waals surface area (Å²) in [6.07, 6.45) is -2.61. The molecule has 0 saturated carbocycles. The van der Waals surface area contributed by atoms with Crippen molar-refractivity contribution < 1.29 is 32.2 Å². The van der Waals surface area contributed by atoms with Crippen LogP contribution in [0.25, 0.3) is 0 Å². The van der Waals surface area contributed by atoms with Gasteiger partial charge in [-0.2, -0.15) is 18.3 Å². The van der Waals surface area contributed by atoms with Gasteiger partial charge in [0.05, 0.1) is 38.1 Å². The van der Waals surface area contributed by atoms with Gasteiger partial charge < -0.3 is 19.7 Å². The highest BCUT2D eigenvalue weighted by Crippen LogP contribution is 2.26. The summed E-state index contributed by atoms with van der Waals surface area (Å²) in [6, 6.07) is 5.34. The first-order chi connectivity index (χ1) is 16.7. The predicted octanol–water partition coefficient (Wildman–Crippen LogP) is 2.22. The van der Waals surface area contributed by atoms with Crippen LogP contribution < -0.4 is 10.1 Å². The highest BCUT2D eigenvalue weighted by molar-refractivity contribution is 6.08. The third-order valence-corrected chi connectivity index (χ3v) is 5.67. The number of benzene rings is 1. The number of urea groups is 1. The molecule has 1 fully saturated rings. The first-order valence-corrected chi connectivity index (χ1v) is 10.7. The number of carbonyl (C=O) groups excluding carboxylic acids is 2. The highest BCUT2D eigenvalue weighted by Gasteiger charge is 2.39. The zero-order valence-corrected chi connectivity index (χ0v) is 19.0. The van der Waals surface area contributed by atoms with Crippen molar-refractivity contribution in [2.45, 2.75) is 25.2 Å². The molecule has 13 heteroatoms. The molecular weight excluding hydrogens is 469 g/mol. The predicted molar refractivity (Wildman–Crippen MR) is 117 cm³/mol. The van der Waals surface area contributed by atoms with E-state index in [1.807, 2.05) is 0 Å². The number of hydrogen-bond donors (Lipinski definition) is 1. The lowest BCUT2D eigenvalue weighted by Gasteiger charge is -2.33. The molecule has 0 aliphatic carbocycles. The van der Waals surface area contributed by atoms with Crippen molar-refractivity contribution in [1.29, 1.82) is 0 Å². The van der Waals surface area contributed by atoms with Gasteiger partial charge in [-0.05, 0) is 31.2 Å². The molecule has 1 N–H and O–H groups in total. The molecule has 0 spiro atoms. The van der Waals surface area contributed by atoms with Crippen molar-refractivity contribution in [1.82, 2.24) is 25.2 Å². The molecule has 186 valence electrons. The minimum absolute atomic E-state index is 0.0520. The topological polar surface area (TPSA) is 109 Å². The van der Waals surface area contributed by atoms with E-state index in [1.54, 1.807) is 43.2 Å². The SMILES string of the molecule is COc1ccc(C2=NN(C(=O)NC(C)c3cnc(C(F)(F)F)nc3)C[C@H]2N2CCOCC2=O)cc1. The second kappa shape index (κ2) is 9.86. The van der Waals surface area contributed by atoms with Crippen LogP contribution >= 0.6 is 0 Å². The molecule has 1 aromatic heterocycles. The molecule has 10 nitrogen and oxygen atoms in total. The van der Waals surface area contributed by atoms with Gasteiger partial charge in [-0.15, -0.1) is 0 Å². The molecule has 2 aliphatic heterocycles. The number of nitrogens with one attached hydrogen (secondary N) is 1. The Labute approximate surface area is 198 Å². The zero-order valence-electron chi connectivity index (χ0n) is 19.0. The maximum Gasteiger partial charge on any atom is 0.451 e. The second-order valence-electron chi connectivity index (χ2n) is 7.96. The lowest BCUT2D eigenvalue weighted by Crippen LogP contribution is -2.52. The fourth-order valence-corrected chi connectivity index (χ4v) is 3.78. The van der Waals surface area contributed by atoms with Crippen LogP contribution in [0.5, 0.6) is 5.75 Å². The van der Waals surface area contributed by atoms with E-state index in [0.717, 1.165) is 18.0 Å². The van der Waals surface area contributed by atoms with Crippen molar-refractivity contribution in [2.75, 3.05) is 33.4 Å². The average Bonchev–Trinajstić information content (AvgIpc) is 3.29. The van der Waals surface area contributed by atoms with E-state index in [4.69, 9.17) is 9.47 Å². The van der Waals surface area contributed by atoms with Crippen LogP contribution in [-0.4, -0.2) is 77.0 Å². The van der Waals surface area contributed by atoms with E-state index in [2.05, 4.69) is 20.4 Å². The summed E-state index contributed by atoms with van der Waals surface area (Å²) in [7, 11) is 1.55. The fourth-order valence-electron chi connectivity index (χ4n) is 3.78. The summed E-state index contributed by atoms with van der Waals surface area (Å²) in [5, 5.41) is 8.37. The number of amides is 3. The number of ether oxygens (including phenoxy) is 2. The van der Waals surface area contributed by atoms with Crippen molar-refractivity contribution >= 4 is 17.6 Å². The average molecular weight is 492 g/mol. The number of nitrogens with zero attached hydrogens (tertiary/aromatic N) is 5. The molecular formula is C22H23F3N6O4. The minimum Gasteiger partial charge on any atom is -0.497 e. The summed E-state index contributed by atoms with van der Waals surface area (Å²) in [5.74, 6) is -0.820. The smallest absolute Gasteiger partial charge is 0.451 e. The van der Waals surface area contributed by atoms with Crippen LogP contribution in [0.3, 0.4) is 0 Å². The largest absolute Gasteiger partial charge is 0.497 e. The van der Waals surface area contributed by atoms with Gasteiger partial charge in [-0.1, -0.05) is 0 Å². The Kier molecular flexibility index (Phi) is 6.87. The molecule has 1 unspecified atom stereocenters. The summed E-state index contributed by atoms with van der Waals surface area (Å²) in [6.45, 7) is 2.37. The summed E-state index contributed by atoms with van der Waals surface area (Å²) in [5.41, 5.74) is 1.54. The number of carbonyl (C=O) groups is 2. The molecule has 3 heterocycles. The van der Waals surface area contributed by atoms with Gasteiger partial charge >= 0.3 is 12.2 Å². The highest BCUT2D eigenvalue weighted by atomic mass is 19.4. The Hall–Kier alpha value is -3.74. The maximum atomic E-state index is 13.0. The van der Waals surface area contributed by atoms with E-state index < -0.39 is 30.1 Å². The number of halogens is 3. The number of morpholine rings is 1. The molecule has 1 aromatic carbocycles. The van der Waals surface area contributed by atoms with Crippen LogP contribution in [0.4, 0.5) is 18.0 Å². The van der Waals surface area contributed by atoms with Gasteiger partial charge in [0, 0.05) is 30.1 Å². The van der Waals surface area contributed by atoms with Gasteiger partial charge in [-0.25, -0.2) is 19.8 Å². The number of alkyl halides is 3. The van der Waals surface area contributed by atoms with E-state index >= 15 is 0 Å².